The van der Waals surface area contributed by atoms with Gasteiger partial charge in [-0.15, -0.1) is 0 Å². The molecule has 5 heteroatoms. The minimum absolute atomic E-state index is 0.00942. The van der Waals surface area contributed by atoms with Crippen LogP contribution in [-0.4, -0.2) is 46.1 Å². The highest BCUT2D eigenvalue weighted by atomic mass is 16.3. The molecule has 0 radical (unpaired) electrons. The molecule has 314 valence electrons. The summed E-state index contributed by atoms with van der Waals surface area (Å²) >= 11 is 0. The first-order valence-corrected chi connectivity index (χ1v) is 23.6. The van der Waals surface area contributed by atoms with Gasteiger partial charge in [0.25, 0.3) is 0 Å². The van der Waals surface area contributed by atoms with Gasteiger partial charge in [-0.2, -0.15) is 0 Å². The van der Waals surface area contributed by atoms with Gasteiger partial charge in [0.05, 0.1) is 31.3 Å². The summed E-state index contributed by atoms with van der Waals surface area (Å²) in [6.45, 7) is 4.18. The molecule has 0 heterocycles. The van der Waals surface area contributed by atoms with Crippen LogP contribution in [0.3, 0.4) is 0 Å². The van der Waals surface area contributed by atoms with Gasteiger partial charge in [0.1, 0.15) is 0 Å². The fourth-order valence-electron chi connectivity index (χ4n) is 7.36. The maximum absolute atomic E-state index is 12.4. The van der Waals surface area contributed by atoms with E-state index in [1.165, 1.54) is 193 Å². The van der Waals surface area contributed by atoms with Crippen molar-refractivity contribution in [2.45, 2.75) is 270 Å². The molecule has 0 bridgehead atoms. The summed E-state index contributed by atoms with van der Waals surface area (Å²) in [6.07, 6.45) is 53.6. The number of carbonyl (C=O) groups excluding carboxylic acids is 1. The zero-order valence-electron chi connectivity index (χ0n) is 35.7. The zero-order valence-corrected chi connectivity index (χ0v) is 35.7. The van der Waals surface area contributed by atoms with Crippen LogP contribution in [0.1, 0.15) is 251 Å². The molecular formula is C48H93NO4. The van der Waals surface area contributed by atoms with E-state index in [-0.39, 0.29) is 18.9 Å². The summed E-state index contributed by atoms with van der Waals surface area (Å²) in [7, 11) is 0. The molecular weight excluding hydrogens is 655 g/mol. The summed E-state index contributed by atoms with van der Waals surface area (Å²) in [5.41, 5.74) is 0. The predicted molar refractivity (Wildman–Crippen MR) is 231 cm³/mol. The number of hydrogen-bond donors (Lipinski definition) is 4. The van der Waals surface area contributed by atoms with E-state index >= 15 is 0 Å². The van der Waals surface area contributed by atoms with Crippen molar-refractivity contribution in [1.82, 2.24) is 5.32 Å². The van der Waals surface area contributed by atoms with E-state index in [1.807, 2.05) is 6.08 Å². The third-order valence-electron chi connectivity index (χ3n) is 11.0. The molecule has 0 saturated carbocycles. The van der Waals surface area contributed by atoms with Gasteiger partial charge in [0.2, 0.25) is 5.91 Å². The molecule has 0 aliphatic carbocycles. The summed E-state index contributed by atoms with van der Waals surface area (Å²) in [4.78, 5) is 12.4. The van der Waals surface area contributed by atoms with E-state index in [0.717, 1.165) is 32.1 Å². The minimum atomic E-state index is -0.947. The fourth-order valence-corrected chi connectivity index (χ4v) is 7.36. The first-order chi connectivity index (χ1) is 26.0. The number of hydrogen-bond acceptors (Lipinski definition) is 4. The fraction of sp³-hybridized carbons (Fsp3) is 0.896. The smallest absolute Gasteiger partial charge is 0.222 e. The van der Waals surface area contributed by atoms with Crippen molar-refractivity contribution < 1.29 is 20.1 Å². The van der Waals surface area contributed by atoms with Crippen molar-refractivity contribution in [3.63, 3.8) is 0 Å². The van der Waals surface area contributed by atoms with Crippen LogP contribution in [0.5, 0.6) is 0 Å². The number of nitrogens with one attached hydrogen (secondary N) is 1. The average Bonchev–Trinajstić information content (AvgIpc) is 3.15. The highest BCUT2D eigenvalue weighted by Crippen LogP contribution is 2.17. The van der Waals surface area contributed by atoms with Crippen molar-refractivity contribution in [2.75, 3.05) is 6.61 Å². The largest absolute Gasteiger partial charge is 0.394 e. The average molecular weight is 748 g/mol. The number of allylic oxidation sites excluding steroid dienone is 3. The zero-order chi connectivity index (χ0) is 38.7. The van der Waals surface area contributed by atoms with Crippen LogP contribution in [-0.2, 0) is 4.79 Å². The molecule has 0 aliphatic rings. The van der Waals surface area contributed by atoms with Crippen molar-refractivity contribution in [3.05, 3.63) is 24.3 Å². The number of aliphatic hydroxyl groups excluding tert-OH is 3. The number of carbonyl (C=O) groups is 1. The van der Waals surface area contributed by atoms with Gasteiger partial charge in [-0.25, -0.2) is 0 Å². The van der Waals surface area contributed by atoms with Gasteiger partial charge < -0.3 is 20.6 Å². The maximum Gasteiger partial charge on any atom is 0.222 e. The SMILES string of the molecule is CCCCCC/C=C/CC/C=C/C(O)C(CO)NC(=O)CC(O)CCCCCCCCCCCCCCCCCCCCCCCCCCCCCC. The maximum atomic E-state index is 12.4. The Hall–Kier alpha value is -1.17. The molecule has 0 aromatic carbocycles. The molecule has 0 spiro atoms. The Bertz CT molecular complexity index is 784. The van der Waals surface area contributed by atoms with E-state index in [4.69, 9.17) is 0 Å². The van der Waals surface area contributed by atoms with Crippen LogP contribution >= 0.6 is 0 Å². The lowest BCUT2D eigenvalue weighted by atomic mass is 10.0. The van der Waals surface area contributed by atoms with Crippen LogP contribution in [0.2, 0.25) is 0 Å². The van der Waals surface area contributed by atoms with Crippen LogP contribution in [0.4, 0.5) is 0 Å². The van der Waals surface area contributed by atoms with Gasteiger partial charge in [0.15, 0.2) is 0 Å². The van der Waals surface area contributed by atoms with Crippen LogP contribution in [0, 0.1) is 0 Å². The molecule has 0 aliphatic heterocycles. The Kier molecular flexibility index (Phi) is 42.6. The Balaban J connectivity index is 3.50. The molecule has 1 amide bonds. The highest BCUT2D eigenvalue weighted by Gasteiger charge is 2.20. The van der Waals surface area contributed by atoms with Crippen LogP contribution in [0.25, 0.3) is 0 Å². The molecule has 0 saturated heterocycles. The van der Waals surface area contributed by atoms with Crippen molar-refractivity contribution in [1.29, 1.82) is 0 Å². The Morgan fingerprint density at radius 2 is 0.811 bits per heavy atom. The topological polar surface area (TPSA) is 89.8 Å². The molecule has 0 aromatic rings. The van der Waals surface area contributed by atoms with E-state index in [0.29, 0.717) is 6.42 Å². The third-order valence-corrected chi connectivity index (χ3v) is 11.0. The van der Waals surface area contributed by atoms with Crippen molar-refractivity contribution in [3.8, 4) is 0 Å². The minimum Gasteiger partial charge on any atom is -0.394 e. The number of unbranched alkanes of at least 4 members (excludes halogenated alkanes) is 32. The van der Waals surface area contributed by atoms with Gasteiger partial charge in [0, 0.05) is 0 Å². The molecule has 3 atom stereocenters. The standard InChI is InChI=1S/C48H93NO4/c1-3-5-7-9-11-13-15-16-17-18-19-20-21-22-23-24-25-26-27-28-29-30-31-32-33-35-37-39-41-45(51)43-48(53)49-46(44-50)47(52)42-40-38-36-34-14-12-10-8-6-4-2/h14,34,40,42,45-47,50-52H,3-13,15-33,35-39,41,43-44H2,1-2H3,(H,49,53)/b34-14+,42-40+. The van der Waals surface area contributed by atoms with Gasteiger partial charge >= 0.3 is 0 Å². The summed E-state index contributed by atoms with van der Waals surface area (Å²) < 4.78 is 0. The second kappa shape index (κ2) is 43.6. The van der Waals surface area contributed by atoms with Crippen molar-refractivity contribution in [2.24, 2.45) is 0 Å². The van der Waals surface area contributed by atoms with E-state index in [2.05, 4.69) is 31.3 Å². The van der Waals surface area contributed by atoms with Gasteiger partial charge in [-0.1, -0.05) is 237 Å². The summed E-state index contributed by atoms with van der Waals surface area (Å²) in [5, 5.41) is 33.1. The van der Waals surface area contributed by atoms with Crippen LogP contribution < -0.4 is 5.32 Å². The number of rotatable bonds is 43. The first-order valence-electron chi connectivity index (χ1n) is 23.6. The molecule has 5 nitrogen and oxygen atoms in total. The second-order valence-corrected chi connectivity index (χ2v) is 16.4. The van der Waals surface area contributed by atoms with Gasteiger partial charge in [-0.3, -0.25) is 4.79 Å². The monoisotopic (exact) mass is 748 g/mol. The quantitative estimate of drug-likeness (QED) is 0.0369. The van der Waals surface area contributed by atoms with Crippen molar-refractivity contribution >= 4 is 5.91 Å². The molecule has 0 rings (SSSR count). The lowest BCUT2D eigenvalue weighted by molar-refractivity contribution is -0.124. The van der Waals surface area contributed by atoms with E-state index in [1.54, 1.807) is 6.08 Å². The predicted octanol–water partition coefficient (Wildman–Crippen LogP) is 13.8. The van der Waals surface area contributed by atoms with Crippen LogP contribution in [0.15, 0.2) is 24.3 Å². The Morgan fingerprint density at radius 1 is 0.472 bits per heavy atom. The van der Waals surface area contributed by atoms with Gasteiger partial charge in [-0.05, 0) is 32.1 Å². The number of amides is 1. The molecule has 0 aromatic heterocycles. The first kappa shape index (κ1) is 51.8. The number of aliphatic hydroxyl groups is 3. The third kappa shape index (κ3) is 40.3. The molecule has 0 fully saturated rings. The lowest BCUT2D eigenvalue weighted by Crippen LogP contribution is -2.45. The Labute approximate surface area is 331 Å². The second-order valence-electron chi connectivity index (χ2n) is 16.4. The lowest BCUT2D eigenvalue weighted by Gasteiger charge is -2.21. The van der Waals surface area contributed by atoms with E-state index in [9.17, 15) is 20.1 Å². The van der Waals surface area contributed by atoms with E-state index < -0.39 is 18.2 Å². The molecule has 3 unspecified atom stereocenters. The molecule has 53 heavy (non-hydrogen) atoms. The molecule has 4 N–H and O–H groups in total. The Morgan fingerprint density at radius 3 is 1.21 bits per heavy atom. The summed E-state index contributed by atoms with van der Waals surface area (Å²) in [5.74, 6) is -0.324. The normalized spacial score (nSPS) is 13.7. The highest BCUT2D eigenvalue weighted by molar-refractivity contribution is 5.76. The summed E-state index contributed by atoms with van der Waals surface area (Å²) in [6, 6.07) is -0.756.